The van der Waals surface area contributed by atoms with Crippen molar-refractivity contribution in [1.82, 2.24) is 4.72 Å². The highest BCUT2D eigenvalue weighted by Crippen LogP contribution is 2.19. The molecule has 0 heterocycles. The predicted octanol–water partition coefficient (Wildman–Crippen LogP) is 0.831. The van der Waals surface area contributed by atoms with Crippen LogP contribution in [0, 0.1) is 5.82 Å². The standard InChI is InChI=1S/C11H16FN3O3S.ClH/c1-7(6-13)15-19(17,18)9-3-4-10(12)11(5-9)14-8(2)16;/h3-5,7,15H,6,13H2,1-2H3,(H,14,16);1H/t7-;/m0./s1. The average molecular weight is 326 g/mol. The summed E-state index contributed by atoms with van der Waals surface area (Å²) in [6.07, 6.45) is 0. The fourth-order valence-electron chi connectivity index (χ4n) is 1.34. The van der Waals surface area contributed by atoms with Crippen LogP contribution in [-0.4, -0.2) is 26.9 Å². The fourth-order valence-corrected chi connectivity index (χ4v) is 2.62. The molecule has 0 aliphatic heterocycles. The van der Waals surface area contributed by atoms with Gasteiger partial charge in [0.25, 0.3) is 0 Å². The molecular formula is C11H17ClFN3O3S. The minimum atomic E-state index is -3.79. The van der Waals surface area contributed by atoms with Gasteiger partial charge in [0.2, 0.25) is 15.9 Å². The lowest BCUT2D eigenvalue weighted by atomic mass is 10.3. The summed E-state index contributed by atoms with van der Waals surface area (Å²) in [6, 6.07) is 2.71. The number of nitrogens with two attached hydrogens (primary N) is 1. The van der Waals surface area contributed by atoms with Crippen molar-refractivity contribution in [3.63, 3.8) is 0 Å². The first-order valence-electron chi connectivity index (χ1n) is 5.56. The van der Waals surface area contributed by atoms with E-state index in [1.807, 2.05) is 0 Å². The van der Waals surface area contributed by atoms with Crippen LogP contribution in [0.2, 0.25) is 0 Å². The van der Waals surface area contributed by atoms with Crippen LogP contribution in [0.1, 0.15) is 13.8 Å². The lowest BCUT2D eigenvalue weighted by Crippen LogP contribution is -2.37. The van der Waals surface area contributed by atoms with Crippen LogP contribution in [0.25, 0.3) is 0 Å². The zero-order valence-corrected chi connectivity index (χ0v) is 12.6. The lowest BCUT2D eigenvalue weighted by Gasteiger charge is -2.13. The quantitative estimate of drug-likeness (QED) is 0.746. The monoisotopic (exact) mass is 325 g/mol. The first kappa shape index (κ1) is 18.8. The minimum absolute atomic E-state index is 0. The molecule has 0 fully saturated rings. The number of rotatable bonds is 5. The summed E-state index contributed by atoms with van der Waals surface area (Å²) in [5.41, 5.74) is 5.15. The molecule has 20 heavy (non-hydrogen) atoms. The van der Waals surface area contributed by atoms with E-state index in [0.717, 1.165) is 18.2 Å². The molecule has 1 rings (SSSR count). The molecule has 4 N–H and O–H groups in total. The van der Waals surface area contributed by atoms with Gasteiger partial charge < -0.3 is 11.1 Å². The van der Waals surface area contributed by atoms with E-state index in [0.29, 0.717) is 0 Å². The van der Waals surface area contributed by atoms with Gasteiger partial charge in [-0.3, -0.25) is 4.79 Å². The zero-order chi connectivity index (χ0) is 14.6. The molecule has 0 saturated heterocycles. The van der Waals surface area contributed by atoms with Gasteiger partial charge in [0.1, 0.15) is 5.82 Å². The predicted molar refractivity (Wildman–Crippen MR) is 76.8 cm³/mol. The molecule has 9 heteroatoms. The Morgan fingerprint density at radius 3 is 2.55 bits per heavy atom. The molecule has 0 aliphatic rings. The number of amides is 1. The van der Waals surface area contributed by atoms with E-state index in [1.165, 1.54) is 6.92 Å². The van der Waals surface area contributed by atoms with E-state index in [9.17, 15) is 17.6 Å². The Balaban J connectivity index is 0.00000361. The first-order valence-corrected chi connectivity index (χ1v) is 7.04. The van der Waals surface area contributed by atoms with E-state index in [-0.39, 0.29) is 29.5 Å². The molecule has 114 valence electrons. The van der Waals surface area contributed by atoms with E-state index in [2.05, 4.69) is 10.0 Å². The normalized spacial score (nSPS) is 12.4. The van der Waals surface area contributed by atoms with Crippen molar-refractivity contribution in [1.29, 1.82) is 0 Å². The number of carbonyl (C=O) groups excluding carboxylic acids is 1. The molecular weight excluding hydrogens is 309 g/mol. The number of sulfonamides is 1. The number of halogens is 2. The molecule has 1 amide bonds. The summed E-state index contributed by atoms with van der Waals surface area (Å²) < 4.78 is 39.6. The summed E-state index contributed by atoms with van der Waals surface area (Å²) in [6.45, 7) is 2.95. The van der Waals surface area contributed by atoms with Crippen LogP contribution in [-0.2, 0) is 14.8 Å². The number of benzene rings is 1. The van der Waals surface area contributed by atoms with Gasteiger partial charge in [-0.2, -0.15) is 0 Å². The molecule has 0 aliphatic carbocycles. The molecule has 1 aromatic rings. The van der Waals surface area contributed by atoms with Crippen LogP contribution in [0.5, 0.6) is 0 Å². The van der Waals surface area contributed by atoms with Crippen LogP contribution < -0.4 is 15.8 Å². The molecule has 1 atom stereocenters. The topological polar surface area (TPSA) is 101 Å². The summed E-state index contributed by atoms with van der Waals surface area (Å²) >= 11 is 0. The van der Waals surface area contributed by atoms with Crippen molar-refractivity contribution in [2.75, 3.05) is 11.9 Å². The first-order chi connectivity index (χ1) is 8.76. The molecule has 0 aromatic heterocycles. The Labute approximate surface area is 123 Å². The molecule has 0 bridgehead atoms. The van der Waals surface area contributed by atoms with Gasteiger partial charge in [0.15, 0.2) is 0 Å². The fraction of sp³-hybridized carbons (Fsp3) is 0.364. The van der Waals surface area contributed by atoms with E-state index >= 15 is 0 Å². The third-order valence-electron chi connectivity index (χ3n) is 2.27. The van der Waals surface area contributed by atoms with Crippen molar-refractivity contribution in [3.05, 3.63) is 24.0 Å². The molecule has 1 aromatic carbocycles. The van der Waals surface area contributed by atoms with Crippen LogP contribution >= 0.6 is 12.4 Å². The van der Waals surface area contributed by atoms with Crippen LogP contribution in [0.3, 0.4) is 0 Å². The second-order valence-corrected chi connectivity index (χ2v) is 5.79. The van der Waals surface area contributed by atoms with E-state index < -0.39 is 27.8 Å². The van der Waals surface area contributed by atoms with Gasteiger partial charge >= 0.3 is 0 Å². The Morgan fingerprint density at radius 2 is 2.05 bits per heavy atom. The SMILES string of the molecule is CC(=O)Nc1cc(S(=O)(=O)N[C@@H](C)CN)ccc1F.Cl. The Bertz CT molecular complexity index is 580. The number of hydrogen-bond acceptors (Lipinski definition) is 4. The van der Waals surface area contributed by atoms with Gasteiger partial charge in [-0.1, -0.05) is 0 Å². The van der Waals surface area contributed by atoms with Gasteiger partial charge in [-0.15, -0.1) is 12.4 Å². The maximum Gasteiger partial charge on any atom is 0.240 e. The van der Waals surface area contributed by atoms with Crippen molar-refractivity contribution in [2.24, 2.45) is 5.73 Å². The third-order valence-corrected chi connectivity index (χ3v) is 3.86. The Morgan fingerprint density at radius 1 is 1.45 bits per heavy atom. The highest BCUT2D eigenvalue weighted by atomic mass is 35.5. The van der Waals surface area contributed by atoms with Crippen LogP contribution in [0.15, 0.2) is 23.1 Å². The second kappa shape index (κ2) is 7.53. The van der Waals surface area contributed by atoms with Crippen molar-refractivity contribution in [2.45, 2.75) is 24.8 Å². The third kappa shape index (κ3) is 5.04. The highest BCUT2D eigenvalue weighted by molar-refractivity contribution is 7.89. The van der Waals surface area contributed by atoms with Crippen molar-refractivity contribution in [3.8, 4) is 0 Å². The van der Waals surface area contributed by atoms with Crippen LogP contribution in [0.4, 0.5) is 10.1 Å². The Hall–Kier alpha value is -1.22. The summed E-state index contributed by atoms with van der Waals surface area (Å²) in [5.74, 6) is -1.20. The van der Waals surface area contributed by atoms with Gasteiger partial charge in [-0.25, -0.2) is 17.5 Å². The van der Waals surface area contributed by atoms with Crippen molar-refractivity contribution >= 4 is 34.0 Å². The maximum atomic E-state index is 13.4. The highest BCUT2D eigenvalue weighted by Gasteiger charge is 2.18. The van der Waals surface area contributed by atoms with Gasteiger partial charge in [0, 0.05) is 19.5 Å². The summed E-state index contributed by atoms with van der Waals surface area (Å²) in [7, 11) is -3.79. The summed E-state index contributed by atoms with van der Waals surface area (Å²) in [4.78, 5) is 10.8. The maximum absolute atomic E-state index is 13.4. The van der Waals surface area contributed by atoms with E-state index in [4.69, 9.17) is 5.73 Å². The molecule has 0 radical (unpaired) electrons. The Kier molecular flexibility index (Phi) is 7.07. The number of anilines is 1. The number of carbonyl (C=O) groups is 1. The van der Waals surface area contributed by atoms with Gasteiger partial charge in [-0.05, 0) is 25.1 Å². The number of nitrogens with one attached hydrogen (secondary N) is 2. The molecule has 0 spiro atoms. The molecule has 6 nitrogen and oxygen atoms in total. The summed E-state index contributed by atoms with van der Waals surface area (Å²) in [5, 5.41) is 2.22. The average Bonchev–Trinajstić information content (AvgIpc) is 2.30. The van der Waals surface area contributed by atoms with Gasteiger partial charge in [0.05, 0.1) is 10.6 Å². The lowest BCUT2D eigenvalue weighted by molar-refractivity contribution is -0.114. The smallest absolute Gasteiger partial charge is 0.240 e. The van der Waals surface area contributed by atoms with E-state index in [1.54, 1.807) is 6.92 Å². The molecule has 0 unspecified atom stereocenters. The largest absolute Gasteiger partial charge is 0.329 e. The zero-order valence-electron chi connectivity index (χ0n) is 11.0. The van der Waals surface area contributed by atoms with Crippen molar-refractivity contribution < 1.29 is 17.6 Å². The second-order valence-electron chi connectivity index (χ2n) is 4.08. The minimum Gasteiger partial charge on any atom is -0.329 e. The number of hydrogen-bond donors (Lipinski definition) is 3. The molecule has 0 saturated carbocycles.